The van der Waals surface area contributed by atoms with Crippen molar-refractivity contribution in [3.8, 4) is 0 Å². The molecule has 0 N–H and O–H groups in total. The Hall–Kier alpha value is -1.37. The van der Waals surface area contributed by atoms with Gasteiger partial charge in [-0.2, -0.15) is 0 Å². The molecule has 1 atom stereocenters. The van der Waals surface area contributed by atoms with Crippen LogP contribution in [-0.2, 0) is 11.2 Å². The lowest BCUT2D eigenvalue weighted by Gasteiger charge is -2.20. The van der Waals surface area contributed by atoms with E-state index in [0.29, 0.717) is 12.3 Å². The van der Waals surface area contributed by atoms with E-state index < -0.39 is 0 Å². The van der Waals surface area contributed by atoms with E-state index in [4.69, 9.17) is 0 Å². The fraction of sp³-hybridized carbons (Fsp3) is 0.471. The van der Waals surface area contributed by atoms with Gasteiger partial charge in [0.1, 0.15) is 6.29 Å². The summed E-state index contributed by atoms with van der Waals surface area (Å²) in [5, 5.41) is 0. The van der Waals surface area contributed by atoms with Gasteiger partial charge in [0.25, 0.3) is 0 Å². The van der Waals surface area contributed by atoms with E-state index in [1.807, 2.05) is 0 Å². The molecular formula is C17H22O. The molecule has 18 heavy (non-hydrogen) atoms. The van der Waals surface area contributed by atoms with Crippen molar-refractivity contribution in [3.05, 3.63) is 39.0 Å². The minimum atomic E-state index is 0.516. The van der Waals surface area contributed by atoms with E-state index in [1.165, 1.54) is 44.5 Å². The van der Waals surface area contributed by atoms with Crippen LogP contribution in [0.25, 0.3) is 5.57 Å². The molecule has 1 heteroatoms. The van der Waals surface area contributed by atoms with Crippen molar-refractivity contribution >= 4 is 11.9 Å². The summed E-state index contributed by atoms with van der Waals surface area (Å²) in [7, 11) is 0. The van der Waals surface area contributed by atoms with Gasteiger partial charge in [0, 0.05) is 12.3 Å². The van der Waals surface area contributed by atoms with Gasteiger partial charge in [-0.25, -0.2) is 0 Å². The first kappa shape index (κ1) is 13.1. The van der Waals surface area contributed by atoms with Crippen molar-refractivity contribution in [3.63, 3.8) is 0 Å². The number of hydrogen-bond donors (Lipinski definition) is 0. The summed E-state index contributed by atoms with van der Waals surface area (Å²) < 4.78 is 0. The van der Waals surface area contributed by atoms with Crippen LogP contribution in [-0.4, -0.2) is 6.29 Å². The van der Waals surface area contributed by atoms with Gasteiger partial charge in [0.05, 0.1) is 0 Å². The molecule has 0 radical (unpaired) electrons. The minimum absolute atomic E-state index is 0.516. The normalized spacial score (nSPS) is 18.2. The second-order valence-corrected chi connectivity index (χ2v) is 5.54. The van der Waals surface area contributed by atoms with E-state index in [0.717, 1.165) is 6.29 Å². The first-order valence-corrected chi connectivity index (χ1v) is 6.65. The van der Waals surface area contributed by atoms with Crippen LogP contribution in [0.4, 0.5) is 0 Å². The van der Waals surface area contributed by atoms with Crippen molar-refractivity contribution in [2.45, 2.75) is 53.9 Å². The second kappa shape index (κ2) is 4.38. The maximum Gasteiger partial charge on any atom is 0.124 e. The topological polar surface area (TPSA) is 17.1 Å². The van der Waals surface area contributed by atoms with Gasteiger partial charge in [-0.15, -0.1) is 0 Å². The maximum absolute atomic E-state index is 10.9. The zero-order valence-corrected chi connectivity index (χ0v) is 12.3. The Labute approximate surface area is 110 Å². The highest BCUT2D eigenvalue weighted by Crippen LogP contribution is 2.46. The third kappa shape index (κ3) is 1.57. The van der Waals surface area contributed by atoms with Gasteiger partial charge in [0.15, 0.2) is 0 Å². The molecule has 0 saturated carbocycles. The summed E-state index contributed by atoms with van der Waals surface area (Å²) in [4.78, 5) is 10.9. The van der Waals surface area contributed by atoms with Crippen LogP contribution in [0, 0.1) is 20.8 Å². The third-order valence-corrected chi connectivity index (χ3v) is 4.85. The number of carbonyl (C=O) groups is 1. The number of aldehydes is 1. The second-order valence-electron chi connectivity index (χ2n) is 5.54. The number of allylic oxidation sites excluding steroid dienone is 2. The summed E-state index contributed by atoms with van der Waals surface area (Å²) in [6, 6.07) is 0. The molecule has 0 aliphatic heterocycles. The molecule has 0 heterocycles. The van der Waals surface area contributed by atoms with Gasteiger partial charge < -0.3 is 4.79 Å². The van der Waals surface area contributed by atoms with Gasteiger partial charge in [-0.3, -0.25) is 0 Å². The molecule has 0 spiro atoms. The lowest BCUT2D eigenvalue weighted by molar-refractivity contribution is -0.107. The SMILES string of the molecule is CC1=C(C)C(C)c2c(C)c(C)c(CC=O)c(C)c21. The van der Waals surface area contributed by atoms with Crippen LogP contribution < -0.4 is 0 Å². The average molecular weight is 242 g/mol. The molecule has 0 fully saturated rings. The van der Waals surface area contributed by atoms with E-state index in [-0.39, 0.29) is 0 Å². The number of carbonyl (C=O) groups excluding carboxylic acids is 1. The molecule has 2 rings (SSSR count). The van der Waals surface area contributed by atoms with Crippen LogP contribution in [0.5, 0.6) is 0 Å². The van der Waals surface area contributed by atoms with E-state index >= 15 is 0 Å². The molecule has 0 bridgehead atoms. The molecule has 0 saturated heterocycles. The highest BCUT2D eigenvalue weighted by atomic mass is 16.1. The van der Waals surface area contributed by atoms with Crippen LogP contribution >= 0.6 is 0 Å². The molecule has 0 amide bonds. The Morgan fingerprint density at radius 2 is 1.61 bits per heavy atom. The fourth-order valence-corrected chi connectivity index (χ4v) is 3.40. The molecule has 1 aromatic carbocycles. The fourth-order valence-electron chi connectivity index (χ4n) is 3.40. The molecule has 1 aromatic rings. The smallest absolute Gasteiger partial charge is 0.124 e. The van der Waals surface area contributed by atoms with Crippen molar-refractivity contribution in [2.75, 3.05) is 0 Å². The highest BCUT2D eigenvalue weighted by molar-refractivity contribution is 5.82. The standard InChI is InChI=1S/C17H22O/c1-9-11(3)16-13(5)10(2)15(7-8-18)14(6)17(16)12(9)4/h8,11H,7H2,1-6H3. The summed E-state index contributed by atoms with van der Waals surface area (Å²) in [5.41, 5.74) is 11.0. The first-order valence-electron chi connectivity index (χ1n) is 6.65. The van der Waals surface area contributed by atoms with E-state index in [2.05, 4.69) is 41.5 Å². The Morgan fingerprint density at radius 1 is 1.00 bits per heavy atom. The van der Waals surface area contributed by atoms with Crippen LogP contribution in [0.1, 0.15) is 60.1 Å². The van der Waals surface area contributed by atoms with Crippen molar-refractivity contribution in [2.24, 2.45) is 0 Å². The summed E-state index contributed by atoms with van der Waals surface area (Å²) >= 11 is 0. The Morgan fingerprint density at radius 3 is 2.17 bits per heavy atom. The van der Waals surface area contributed by atoms with Crippen LogP contribution in [0.3, 0.4) is 0 Å². The molecule has 1 aliphatic rings. The van der Waals surface area contributed by atoms with Crippen LogP contribution in [0.15, 0.2) is 5.57 Å². The number of fused-ring (bicyclic) bond motifs is 1. The Bertz CT molecular complexity index is 562. The molecule has 1 nitrogen and oxygen atoms in total. The Balaban J connectivity index is 2.82. The van der Waals surface area contributed by atoms with Gasteiger partial charge in [-0.05, 0) is 73.6 Å². The molecule has 1 unspecified atom stereocenters. The zero-order valence-electron chi connectivity index (χ0n) is 12.3. The maximum atomic E-state index is 10.9. The monoisotopic (exact) mass is 242 g/mol. The van der Waals surface area contributed by atoms with E-state index in [1.54, 1.807) is 0 Å². The summed E-state index contributed by atoms with van der Waals surface area (Å²) in [5.74, 6) is 0.516. The lowest BCUT2D eigenvalue weighted by Crippen LogP contribution is -2.05. The minimum Gasteiger partial charge on any atom is -0.303 e. The molecule has 0 aromatic heterocycles. The number of hydrogen-bond acceptors (Lipinski definition) is 1. The number of rotatable bonds is 2. The average Bonchev–Trinajstić information content (AvgIpc) is 2.57. The van der Waals surface area contributed by atoms with Crippen molar-refractivity contribution in [1.82, 2.24) is 0 Å². The van der Waals surface area contributed by atoms with Crippen LogP contribution in [0.2, 0.25) is 0 Å². The Kier molecular flexibility index (Phi) is 3.18. The quantitative estimate of drug-likeness (QED) is 0.708. The van der Waals surface area contributed by atoms with Gasteiger partial charge >= 0.3 is 0 Å². The summed E-state index contributed by atoms with van der Waals surface area (Å²) in [6.45, 7) is 13.2. The lowest BCUT2D eigenvalue weighted by atomic mass is 9.84. The van der Waals surface area contributed by atoms with Gasteiger partial charge in [0.2, 0.25) is 0 Å². The summed E-state index contributed by atoms with van der Waals surface area (Å²) in [6.07, 6.45) is 1.55. The highest BCUT2D eigenvalue weighted by Gasteiger charge is 2.28. The van der Waals surface area contributed by atoms with E-state index in [9.17, 15) is 4.79 Å². The number of benzene rings is 1. The van der Waals surface area contributed by atoms with Crippen molar-refractivity contribution in [1.29, 1.82) is 0 Å². The molecule has 96 valence electrons. The molecule has 1 aliphatic carbocycles. The predicted octanol–water partition coefficient (Wildman–Crippen LogP) is 4.26. The zero-order chi connectivity index (χ0) is 13.6. The third-order valence-electron chi connectivity index (χ3n) is 4.85. The largest absolute Gasteiger partial charge is 0.303 e. The molecular weight excluding hydrogens is 220 g/mol. The predicted molar refractivity (Wildman–Crippen MR) is 77.1 cm³/mol. The van der Waals surface area contributed by atoms with Gasteiger partial charge in [-0.1, -0.05) is 12.5 Å². The van der Waals surface area contributed by atoms with Crippen molar-refractivity contribution < 1.29 is 4.79 Å². The first-order chi connectivity index (χ1) is 8.41.